The first kappa shape index (κ1) is 20.3. The predicted molar refractivity (Wildman–Crippen MR) is 104 cm³/mol. The Morgan fingerprint density at radius 3 is 2.24 bits per heavy atom. The number of primary amides is 1. The van der Waals surface area contributed by atoms with Crippen LogP contribution in [-0.2, 0) is 4.79 Å². The molecule has 0 saturated carbocycles. The number of rotatable bonds is 9. The number of carbonyl (C=O) groups excluding carboxylic acids is 1. The van der Waals surface area contributed by atoms with Crippen molar-refractivity contribution >= 4 is 12.0 Å². The minimum Gasteiger partial charge on any atom is -0.497 e. The molecular formula is C21H27NO3. The quantitative estimate of drug-likeness (QED) is 0.683. The van der Waals surface area contributed by atoms with E-state index in [1.54, 1.807) is 52.4 Å². The fourth-order valence-corrected chi connectivity index (χ4v) is 2.89. The summed E-state index contributed by atoms with van der Waals surface area (Å²) in [5.74, 6) is 0.404. The zero-order valence-electron chi connectivity index (χ0n) is 15.5. The van der Waals surface area contributed by atoms with Crippen LogP contribution in [0.2, 0.25) is 0 Å². The summed E-state index contributed by atoms with van der Waals surface area (Å²) in [6.07, 6.45) is 6.89. The summed E-state index contributed by atoms with van der Waals surface area (Å²) in [6.45, 7) is 15.1. The normalized spacial score (nSPS) is 12.9. The van der Waals surface area contributed by atoms with Crippen molar-refractivity contribution in [3.63, 3.8) is 0 Å². The van der Waals surface area contributed by atoms with E-state index in [0.717, 1.165) is 16.7 Å². The van der Waals surface area contributed by atoms with E-state index in [2.05, 4.69) is 19.7 Å². The van der Waals surface area contributed by atoms with Crippen molar-refractivity contribution in [3.8, 4) is 11.5 Å². The Balaban J connectivity index is 3.91. The zero-order valence-corrected chi connectivity index (χ0v) is 15.5. The summed E-state index contributed by atoms with van der Waals surface area (Å²) in [5.41, 5.74) is 7.23. The molecule has 1 atom stereocenters. The molecule has 4 nitrogen and oxygen atoms in total. The Bertz CT molecular complexity index is 714. The molecule has 0 aliphatic carbocycles. The highest BCUT2D eigenvalue weighted by Crippen LogP contribution is 2.47. The third-order valence-corrected chi connectivity index (χ3v) is 4.35. The molecule has 2 N–H and O–H groups in total. The number of methoxy groups -OCH3 is 2. The smallest absolute Gasteiger partial charge is 0.224 e. The second-order valence-corrected chi connectivity index (χ2v) is 6.16. The molecule has 1 unspecified atom stereocenters. The Kier molecular flexibility index (Phi) is 6.80. The summed E-state index contributed by atoms with van der Waals surface area (Å²) < 4.78 is 10.9. The van der Waals surface area contributed by atoms with Crippen LogP contribution in [0.1, 0.15) is 30.9 Å². The van der Waals surface area contributed by atoms with E-state index < -0.39 is 17.2 Å². The monoisotopic (exact) mass is 341 g/mol. The molecule has 0 bridgehead atoms. The average Bonchev–Trinajstić information content (AvgIpc) is 2.60. The van der Waals surface area contributed by atoms with Crippen molar-refractivity contribution in [2.24, 2.45) is 11.1 Å². The number of carbonyl (C=O) groups is 1. The molecule has 0 aliphatic rings. The van der Waals surface area contributed by atoms with E-state index in [-0.39, 0.29) is 0 Å². The van der Waals surface area contributed by atoms with Crippen LogP contribution >= 0.6 is 0 Å². The van der Waals surface area contributed by atoms with Gasteiger partial charge in [-0.2, -0.15) is 0 Å². The number of hydrogen-bond acceptors (Lipinski definition) is 3. The number of benzene rings is 1. The lowest BCUT2D eigenvalue weighted by molar-refractivity contribution is -0.126. The van der Waals surface area contributed by atoms with E-state index in [9.17, 15) is 4.79 Å². The Labute approximate surface area is 150 Å². The molecule has 1 aromatic rings. The molecule has 0 aliphatic heterocycles. The first-order valence-corrected chi connectivity index (χ1v) is 7.91. The molecule has 0 radical (unpaired) electrons. The van der Waals surface area contributed by atoms with Gasteiger partial charge in [-0.15, -0.1) is 0 Å². The molecule has 1 aromatic carbocycles. The minimum atomic E-state index is -0.900. The van der Waals surface area contributed by atoms with Crippen LogP contribution in [0.3, 0.4) is 0 Å². The van der Waals surface area contributed by atoms with Crippen LogP contribution in [0.25, 0.3) is 6.08 Å². The van der Waals surface area contributed by atoms with Crippen LogP contribution in [-0.4, -0.2) is 20.1 Å². The Morgan fingerprint density at radius 2 is 1.84 bits per heavy atom. The SMILES string of the molecule is C=C/C=C(\C=C)C(c1c(C=C)cc(OC)cc1OC)C(C)(C)C(N)=O. The van der Waals surface area contributed by atoms with Gasteiger partial charge in [-0.1, -0.05) is 57.9 Å². The van der Waals surface area contributed by atoms with Gasteiger partial charge in [-0.25, -0.2) is 0 Å². The number of amides is 1. The van der Waals surface area contributed by atoms with Crippen molar-refractivity contribution < 1.29 is 14.3 Å². The molecule has 1 rings (SSSR count). The molecule has 4 heteroatoms. The lowest BCUT2D eigenvalue weighted by Gasteiger charge is -2.35. The van der Waals surface area contributed by atoms with Crippen molar-refractivity contribution in [2.45, 2.75) is 19.8 Å². The van der Waals surface area contributed by atoms with Crippen LogP contribution in [0.5, 0.6) is 11.5 Å². The molecule has 25 heavy (non-hydrogen) atoms. The van der Waals surface area contributed by atoms with Gasteiger partial charge in [0, 0.05) is 17.5 Å². The maximum Gasteiger partial charge on any atom is 0.224 e. The first-order chi connectivity index (χ1) is 11.8. The molecule has 0 aromatic heterocycles. The molecule has 0 saturated heterocycles. The van der Waals surface area contributed by atoms with Crippen LogP contribution in [0.15, 0.2) is 55.7 Å². The maximum atomic E-state index is 12.2. The van der Waals surface area contributed by atoms with Gasteiger partial charge >= 0.3 is 0 Å². The van der Waals surface area contributed by atoms with Gasteiger partial charge in [0.1, 0.15) is 11.5 Å². The topological polar surface area (TPSA) is 61.6 Å². The zero-order chi connectivity index (χ0) is 19.2. The van der Waals surface area contributed by atoms with Crippen molar-refractivity contribution in [1.29, 1.82) is 0 Å². The van der Waals surface area contributed by atoms with Crippen LogP contribution in [0.4, 0.5) is 0 Å². The van der Waals surface area contributed by atoms with Crippen molar-refractivity contribution in [1.82, 2.24) is 0 Å². The van der Waals surface area contributed by atoms with Gasteiger partial charge in [0.15, 0.2) is 0 Å². The molecule has 0 fully saturated rings. The second kappa shape index (κ2) is 8.38. The van der Waals surface area contributed by atoms with Crippen molar-refractivity contribution in [2.75, 3.05) is 14.2 Å². The summed E-state index contributed by atoms with van der Waals surface area (Å²) in [6, 6.07) is 3.63. The predicted octanol–water partition coefficient (Wildman–Crippen LogP) is 4.24. The van der Waals surface area contributed by atoms with Gasteiger partial charge in [-0.3, -0.25) is 4.79 Å². The third-order valence-electron chi connectivity index (χ3n) is 4.35. The largest absolute Gasteiger partial charge is 0.497 e. The van der Waals surface area contributed by atoms with E-state index in [0.29, 0.717) is 11.5 Å². The van der Waals surface area contributed by atoms with Gasteiger partial charge in [-0.05, 0) is 17.2 Å². The highest BCUT2D eigenvalue weighted by Gasteiger charge is 2.40. The second-order valence-electron chi connectivity index (χ2n) is 6.16. The number of hydrogen-bond donors (Lipinski definition) is 1. The maximum absolute atomic E-state index is 12.2. The Hall–Kier alpha value is -2.75. The molecule has 0 spiro atoms. The van der Waals surface area contributed by atoms with Gasteiger partial charge in [0.05, 0.1) is 19.6 Å². The van der Waals surface area contributed by atoms with Crippen LogP contribution < -0.4 is 15.2 Å². The standard InChI is InChI=1S/C21H27NO3/c1-8-11-14(9-2)19(21(4,5)20(22)23)18-15(10-3)12-16(24-6)13-17(18)25-7/h8-13,19H,1-3H2,4-7H3,(H2,22,23)/b14-11+. The van der Waals surface area contributed by atoms with Gasteiger partial charge < -0.3 is 15.2 Å². The number of ether oxygens (including phenoxy) is 2. The fraction of sp³-hybridized carbons (Fsp3) is 0.286. The lowest BCUT2D eigenvalue weighted by atomic mass is 9.68. The average molecular weight is 341 g/mol. The lowest BCUT2D eigenvalue weighted by Crippen LogP contribution is -2.38. The van der Waals surface area contributed by atoms with Crippen LogP contribution in [0, 0.1) is 5.41 Å². The molecule has 134 valence electrons. The van der Waals surface area contributed by atoms with Gasteiger partial charge in [0.2, 0.25) is 5.91 Å². The summed E-state index contributed by atoms with van der Waals surface area (Å²) in [5, 5.41) is 0. The van der Waals surface area contributed by atoms with E-state index in [4.69, 9.17) is 15.2 Å². The highest BCUT2D eigenvalue weighted by molar-refractivity contribution is 5.83. The Morgan fingerprint density at radius 1 is 1.20 bits per heavy atom. The summed E-state index contributed by atoms with van der Waals surface area (Å²) >= 11 is 0. The minimum absolute atomic E-state index is 0.394. The van der Waals surface area contributed by atoms with E-state index in [1.807, 2.05) is 12.1 Å². The summed E-state index contributed by atoms with van der Waals surface area (Å²) in [7, 11) is 3.16. The summed E-state index contributed by atoms with van der Waals surface area (Å²) in [4.78, 5) is 12.2. The van der Waals surface area contributed by atoms with E-state index >= 15 is 0 Å². The number of nitrogens with two attached hydrogens (primary N) is 1. The molecular weight excluding hydrogens is 314 g/mol. The third kappa shape index (κ3) is 4.02. The molecule has 1 amide bonds. The van der Waals surface area contributed by atoms with E-state index in [1.165, 1.54) is 0 Å². The number of allylic oxidation sites excluding steroid dienone is 4. The first-order valence-electron chi connectivity index (χ1n) is 7.91. The van der Waals surface area contributed by atoms with Crippen molar-refractivity contribution in [3.05, 3.63) is 66.8 Å². The van der Waals surface area contributed by atoms with Gasteiger partial charge in [0.25, 0.3) is 0 Å². The molecule has 0 heterocycles. The highest BCUT2D eigenvalue weighted by atomic mass is 16.5. The fourth-order valence-electron chi connectivity index (χ4n) is 2.89.